The average molecular weight is 801 g/mol. The minimum Gasteiger partial charge on any atom is -0.493 e. The second-order valence-corrected chi connectivity index (χ2v) is 14.7. The molecule has 4 heterocycles. The number of carbonyl (C=O) groups excluding carboxylic acids is 1. The minimum atomic E-state index is -1.08. The van der Waals surface area contributed by atoms with E-state index in [0.717, 1.165) is 43.6 Å². The Bertz CT molecular complexity index is 2220. The van der Waals surface area contributed by atoms with Crippen molar-refractivity contribution in [1.82, 2.24) is 29.1 Å². The first-order valence-electron chi connectivity index (χ1n) is 19.3. The summed E-state index contributed by atoms with van der Waals surface area (Å²) in [4.78, 5) is 44.9. The zero-order valence-corrected chi connectivity index (χ0v) is 32.3. The van der Waals surface area contributed by atoms with E-state index in [0.29, 0.717) is 37.5 Å². The molecule has 0 saturated carbocycles. The van der Waals surface area contributed by atoms with E-state index >= 15 is 4.39 Å². The van der Waals surface area contributed by atoms with Crippen molar-refractivity contribution < 1.29 is 37.7 Å². The molecule has 0 amide bonds. The second-order valence-electron chi connectivity index (χ2n) is 14.7. The summed E-state index contributed by atoms with van der Waals surface area (Å²) >= 11 is 0. The molecular formula is C41H46F2N8O7. The number of piperazine rings is 1. The Morgan fingerprint density at radius 1 is 0.931 bits per heavy atom. The van der Waals surface area contributed by atoms with Crippen molar-refractivity contribution in [3.05, 3.63) is 113 Å². The van der Waals surface area contributed by atoms with E-state index in [1.165, 1.54) is 34.0 Å². The SMILES string of the molecule is CC[C@@H]([C@H](C)OC(=O)CCC(=O)O)n1ncn(-c2ccc(N3CCN(c4ccc(OC[C@@H]5CO[C@@](Cn6cncn6)(c6ccc(F)cc6F)C5)cc4)CC3)cc2)c1=O. The molecule has 5 aromatic rings. The van der Waals surface area contributed by atoms with Crippen molar-refractivity contribution in [3.63, 3.8) is 0 Å². The number of ether oxygens (including phenoxy) is 3. The number of rotatable bonds is 16. The Morgan fingerprint density at radius 3 is 2.22 bits per heavy atom. The van der Waals surface area contributed by atoms with Gasteiger partial charge in [0.2, 0.25) is 0 Å². The van der Waals surface area contributed by atoms with Crippen LogP contribution in [0.15, 0.2) is 90.5 Å². The zero-order chi connectivity index (χ0) is 40.8. The van der Waals surface area contributed by atoms with Gasteiger partial charge in [-0.1, -0.05) is 13.0 Å². The third kappa shape index (κ3) is 9.04. The van der Waals surface area contributed by atoms with Crippen molar-refractivity contribution in [2.75, 3.05) is 49.2 Å². The van der Waals surface area contributed by atoms with Crippen LogP contribution in [0, 0.1) is 17.6 Å². The van der Waals surface area contributed by atoms with Gasteiger partial charge < -0.3 is 29.1 Å². The van der Waals surface area contributed by atoms with Gasteiger partial charge in [-0.3, -0.25) is 9.59 Å². The molecule has 2 aliphatic heterocycles. The summed E-state index contributed by atoms with van der Waals surface area (Å²) in [6, 6.07) is 18.7. The van der Waals surface area contributed by atoms with Gasteiger partial charge in [-0.2, -0.15) is 10.2 Å². The minimum absolute atomic E-state index is 0.0342. The highest BCUT2D eigenvalue weighted by molar-refractivity contribution is 5.76. The van der Waals surface area contributed by atoms with E-state index in [1.54, 1.807) is 17.9 Å². The van der Waals surface area contributed by atoms with Crippen LogP contribution in [-0.2, 0) is 31.2 Å². The van der Waals surface area contributed by atoms with E-state index in [4.69, 9.17) is 19.3 Å². The van der Waals surface area contributed by atoms with Gasteiger partial charge in [0.25, 0.3) is 0 Å². The number of halogens is 2. The first-order chi connectivity index (χ1) is 28.0. The van der Waals surface area contributed by atoms with E-state index in [2.05, 4.69) is 25.0 Å². The molecule has 3 aromatic carbocycles. The lowest BCUT2D eigenvalue weighted by atomic mass is 9.87. The lowest BCUT2D eigenvalue weighted by Crippen LogP contribution is -2.46. The molecule has 2 saturated heterocycles. The molecule has 0 radical (unpaired) electrons. The number of esters is 1. The van der Waals surface area contributed by atoms with Crippen LogP contribution in [0.4, 0.5) is 20.2 Å². The summed E-state index contributed by atoms with van der Waals surface area (Å²) in [6.45, 7) is 7.67. The summed E-state index contributed by atoms with van der Waals surface area (Å²) in [5, 5.41) is 17.3. The van der Waals surface area contributed by atoms with Crippen LogP contribution in [0.2, 0.25) is 0 Å². The molecule has 306 valence electrons. The molecule has 0 bridgehead atoms. The fraction of sp³-hybridized carbons (Fsp3) is 0.415. The van der Waals surface area contributed by atoms with Crippen LogP contribution in [-0.4, -0.2) is 91.7 Å². The van der Waals surface area contributed by atoms with Crippen LogP contribution < -0.4 is 20.2 Å². The molecule has 0 aliphatic carbocycles. The number of carboxylic acids is 1. The predicted molar refractivity (Wildman–Crippen MR) is 208 cm³/mol. The quantitative estimate of drug-likeness (QED) is 0.134. The molecule has 7 rings (SSSR count). The largest absolute Gasteiger partial charge is 0.493 e. The van der Waals surface area contributed by atoms with Gasteiger partial charge in [-0.15, -0.1) is 0 Å². The third-order valence-electron chi connectivity index (χ3n) is 10.8. The van der Waals surface area contributed by atoms with Crippen LogP contribution >= 0.6 is 0 Å². The van der Waals surface area contributed by atoms with E-state index in [1.807, 2.05) is 55.5 Å². The first kappa shape index (κ1) is 40.1. The molecule has 15 nitrogen and oxygen atoms in total. The molecule has 0 spiro atoms. The Kier molecular flexibility index (Phi) is 12.2. The van der Waals surface area contributed by atoms with Crippen molar-refractivity contribution in [3.8, 4) is 11.4 Å². The lowest BCUT2D eigenvalue weighted by Gasteiger charge is -2.37. The highest BCUT2D eigenvalue weighted by Gasteiger charge is 2.44. The van der Waals surface area contributed by atoms with Gasteiger partial charge in [0, 0.05) is 55.1 Å². The smallest absolute Gasteiger partial charge is 0.350 e. The number of hydrogen-bond donors (Lipinski definition) is 1. The number of aliphatic carboxylic acids is 1. The van der Waals surface area contributed by atoms with Gasteiger partial charge in [-0.25, -0.2) is 32.5 Å². The number of hydrogen-bond acceptors (Lipinski definition) is 11. The Hall–Kier alpha value is -6.10. The maximum atomic E-state index is 15.0. The van der Waals surface area contributed by atoms with E-state index in [9.17, 15) is 18.8 Å². The van der Waals surface area contributed by atoms with Crippen LogP contribution in [0.3, 0.4) is 0 Å². The fourth-order valence-electron chi connectivity index (χ4n) is 7.78. The highest BCUT2D eigenvalue weighted by atomic mass is 19.1. The maximum absolute atomic E-state index is 15.0. The summed E-state index contributed by atoms with van der Waals surface area (Å²) < 4.78 is 50.9. The summed E-state index contributed by atoms with van der Waals surface area (Å²) in [5.41, 5.74) is 1.63. The van der Waals surface area contributed by atoms with Gasteiger partial charge in [0.15, 0.2) is 0 Å². The van der Waals surface area contributed by atoms with Crippen molar-refractivity contribution in [1.29, 1.82) is 0 Å². The average Bonchev–Trinajstić information content (AvgIpc) is 3.98. The van der Waals surface area contributed by atoms with Crippen molar-refractivity contribution in [2.45, 2.75) is 63.8 Å². The fourth-order valence-corrected chi connectivity index (χ4v) is 7.78. The van der Waals surface area contributed by atoms with Gasteiger partial charge in [0.1, 0.15) is 48.1 Å². The van der Waals surface area contributed by atoms with Crippen LogP contribution in [0.25, 0.3) is 5.69 Å². The summed E-state index contributed by atoms with van der Waals surface area (Å²) in [6.07, 6.45) is 4.09. The highest BCUT2D eigenvalue weighted by Crippen LogP contribution is 2.42. The van der Waals surface area contributed by atoms with Crippen molar-refractivity contribution >= 4 is 23.3 Å². The molecule has 2 aromatic heterocycles. The number of carboxylic acid groups (broad SMARTS) is 1. The number of nitrogens with zero attached hydrogens (tertiary/aromatic N) is 8. The second kappa shape index (κ2) is 17.6. The molecule has 4 atom stereocenters. The monoisotopic (exact) mass is 800 g/mol. The number of anilines is 2. The summed E-state index contributed by atoms with van der Waals surface area (Å²) in [7, 11) is 0. The topological polar surface area (TPSA) is 159 Å². The standard InChI is InChI=1S/C41H46F2N8O7/c1-3-37(28(2)58-39(54)15-14-38(52)53)51-40(55)50(27-46-51)33-7-5-31(6-8-33)47-16-18-48(19-17-47)32-9-11-34(12-10-32)56-22-29-21-41(57-23-29,24-49-26-44-25-45-49)35-13-4-30(42)20-36(35)43/h4-13,20,25-29,37H,3,14-19,21-24H2,1-2H3,(H,52,53)/t28-,29+,37-,41-/m0/s1. The third-order valence-corrected chi connectivity index (χ3v) is 10.8. The predicted octanol–water partition coefficient (Wildman–Crippen LogP) is 4.99. The van der Waals surface area contributed by atoms with E-state index in [-0.39, 0.29) is 36.6 Å². The molecule has 2 aliphatic rings. The van der Waals surface area contributed by atoms with Crippen molar-refractivity contribution in [2.24, 2.45) is 5.92 Å². The molecule has 58 heavy (non-hydrogen) atoms. The number of benzene rings is 3. The van der Waals surface area contributed by atoms with Crippen LogP contribution in [0.5, 0.6) is 5.75 Å². The van der Waals surface area contributed by atoms with Crippen LogP contribution in [0.1, 0.15) is 51.1 Å². The molecule has 2 fully saturated rings. The Balaban J connectivity index is 0.904. The first-order valence-corrected chi connectivity index (χ1v) is 19.3. The molecule has 17 heteroatoms. The van der Waals surface area contributed by atoms with Gasteiger partial charge in [0.05, 0.1) is 44.3 Å². The number of aromatic nitrogens is 6. The Morgan fingerprint density at radius 2 is 1.60 bits per heavy atom. The molecule has 0 unspecified atom stereocenters. The van der Waals surface area contributed by atoms with Gasteiger partial charge >= 0.3 is 17.6 Å². The lowest BCUT2D eigenvalue weighted by molar-refractivity contribution is -0.153. The van der Waals surface area contributed by atoms with E-state index < -0.39 is 41.3 Å². The molecular weight excluding hydrogens is 754 g/mol. The Labute approximate surface area is 333 Å². The zero-order valence-electron chi connectivity index (χ0n) is 32.3. The molecule has 1 N–H and O–H groups in total. The maximum Gasteiger partial charge on any atom is 0.350 e. The summed E-state index contributed by atoms with van der Waals surface area (Å²) in [5.74, 6) is -2.35. The number of carbonyl (C=O) groups is 2. The van der Waals surface area contributed by atoms with Gasteiger partial charge in [-0.05, 0) is 74.4 Å². The normalized spacial score (nSPS) is 19.2.